The molecule has 1 saturated heterocycles. The number of hydrogen-bond acceptors (Lipinski definition) is 6. The Morgan fingerprint density at radius 1 is 1.22 bits per heavy atom. The van der Waals surface area contributed by atoms with Crippen LogP contribution in [-0.4, -0.2) is 45.1 Å². The minimum Gasteiger partial charge on any atom is -0.462 e. The van der Waals surface area contributed by atoms with E-state index in [0.29, 0.717) is 22.9 Å². The van der Waals surface area contributed by atoms with Gasteiger partial charge in [-0.25, -0.2) is 9.78 Å². The summed E-state index contributed by atoms with van der Waals surface area (Å²) in [6.07, 6.45) is 3.10. The number of carbonyl (C=O) groups excluding carboxylic acids is 2. The molecular weight excluding hydrogens is 496 g/mol. The van der Waals surface area contributed by atoms with Crippen LogP contribution in [0.2, 0.25) is 5.02 Å². The molecule has 9 nitrogen and oxygen atoms in total. The molecule has 4 aromatic rings. The predicted octanol–water partition coefficient (Wildman–Crippen LogP) is 3.71. The molecule has 37 heavy (non-hydrogen) atoms. The van der Waals surface area contributed by atoms with Gasteiger partial charge < -0.3 is 14.0 Å². The quantitative estimate of drug-likeness (QED) is 0.293. The van der Waals surface area contributed by atoms with Crippen LogP contribution >= 0.6 is 11.6 Å². The van der Waals surface area contributed by atoms with Gasteiger partial charge in [0.1, 0.15) is 16.9 Å². The van der Waals surface area contributed by atoms with Crippen LogP contribution in [0.3, 0.4) is 0 Å². The summed E-state index contributed by atoms with van der Waals surface area (Å²) in [7, 11) is 0. The van der Waals surface area contributed by atoms with Crippen molar-refractivity contribution >= 4 is 40.2 Å². The number of esters is 1. The van der Waals surface area contributed by atoms with Gasteiger partial charge in [0, 0.05) is 23.4 Å². The highest BCUT2D eigenvalue weighted by molar-refractivity contribution is 6.31. The minimum absolute atomic E-state index is 0.00534. The maximum atomic E-state index is 13.6. The molecule has 1 fully saturated rings. The number of benzene rings is 1. The van der Waals surface area contributed by atoms with Crippen LogP contribution in [0.25, 0.3) is 16.7 Å². The summed E-state index contributed by atoms with van der Waals surface area (Å²) in [5.74, 6) is -1.29. The molecule has 0 saturated carbocycles. The van der Waals surface area contributed by atoms with E-state index < -0.39 is 11.9 Å². The molecule has 1 amide bonds. The molecule has 3 aromatic heterocycles. The molecule has 0 spiro atoms. The monoisotopic (exact) mass is 520 g/mol. The molecule has 4 heterocycles. The molecule has 1 aliphatic heterocycles. The van der Waals surface area contributed by atoms with Gasteiger partial charge in [0.05, 0.1) is 24.6 Å². The van der Waals surface area contributed by atoms with E-state index in [4.69, 9.17) is 26.1 Å². The Labute approximate surface area is 217 Å². The molecule has 0 aliphatic carbocycles. The van der Waals surface area contributed by atoms with Crippen molar-refractivity contribution in [2.75, 3.05) is 13.2 Å². The number of aryl methyl sites for hydroxylation is 1. The van der Waals surface area contributed by atoms with Crippen molar-refractivity contribution in [1.82, 2.24) is 14.0 Å². The fraction of sp³-hybridized carbons (Fsp3) is 0.296. The molecule has 10 heteroatoms. The van der Waals surface area contributed by atoms with Crippen molar-refractivity contribution in [3.05, 3.63) is 86.2 Å². The van der Waals surface area contributed by atoms with Crippen molar-refractivity contribution in [3.8, 4) is 0 Å². The number of ether oxygens (including phenoxy) is 2. The number of amides is 1. The standard InChI is InChI=1S/C27H25ClN4O5/c1-3-36-27(35)21-14-20-23(29-22-16(2)7-5-11-31(22)26(20)34)32(15-19-10-6-12-37-19)24(21)30-25(33)17-8-4-9-18(28)13-17/h4-5,7-9,11,13-14,19H,3,6,10,12,15H2,1-2H3. The van der Waals surface area contributed by atoms with Crippen LogP contribution in [0.4, 0.5) is 0 Å². The highest BCUT2D eigenvalue weighted by Gasteiger charge is 2.24. The topological polar surface area (TPSA) is 104 Å². The first-order valence-electron chi connectivity index (χ1n) is 12.1. The normalized spacial score (nSPS) is 16.0. The van der Waals surface area contributed by atoms with Gasteiger partial charge in [-0.1, -0.05) is 23.7 Å². The van der Waals surface area contributed by atoms with E-state index in [1.54, 1.807) is 42.0 Å². The van der Waals surface area contributed by atoms with Gasteiger partial charge in [-0.15, -0.1) is 0 Å². The molecular formula is C27H25ClN4O5. The van der Waals surface area contributed by atoms with Crippen molar-refractivity contribution < 1.29 is 19.1 Å². The SMILES string of the molecule is CCOC(=O)c1cc2c(=O)n3cccc(C)c3nc2n(CC2CCCO2)c1=NC(=O)c1cccc(Cl)c1. The molecule has 5 rings (SSSR count). The summed E-state index contributed by atoms with van der Waals surface area (Å²) in [4.78, 5) is 49.1. The lowest BCUT2D eigenvalue weighted by Gasteiger charge is -2.18. The van der Waals surface area contributed by atoms with Gasteiger partial charge in [-0.2, -0.15) is 4.99 Å². The zero-order valence-corrected chi connectivity index (χ0v) is 21.2. The zero-order valence-electron chi connectivity index (χ0n) is 20.4. The summed E-state index contributed by atoms with van der Waals surface area (Å²) in [5, 5.41) is 0.590. The molecule has 0 radical (unpaired) electrons. The number of fused-ring (bicyclic) bond motifs is 2. The first-order chi connectivity index (χ1) is 17.9. The highest BCUT2D eigenvalue weighted by Crippen LogP contribution is 2.18. The molecule has 1 aliphatic rings. The Morgan fingerprint density at radius 2 is 2.05 bits per heavy atom. The average Bonchev–Trinajstić information content (AvgIpc) is 3.39. The minimum atomic E-state index is -0.697. The lowest BCUT2D eigenvalue weighted by atomic mass is 10.1. The number of pyridine rings is 2. The number of hydrogen-bond donors (Lipinski definition) is 0. The highest BCUT2D eigenvalue weighted by atomic mass is 35.5. The first-order valence-corrected chi connectivity index (χ1v) is 12.4. The summed E-state index contributed by atoms with van der Waals surface area (Å²) >= 11 is 6.09. The van der Waals surface area contributed by atoms with Gasteiger partial charge in [0.25, 0.3) is 11.5 Å². The van der Waals surface area contributed by atoms with E-state index in [1.807, 2.05) is 13.0 Å². The molecule has 0 N–H and O–H groups in total. The first kappa shape index (κ1) is 24.9. The molecule has 1 atom stereocenters. The van der Waals surface area contributed by atoms with Crippen LogP contribution in [-0.2, 0) is 16.0 Å². The number of nitrogens with zero attached hydrogens (tertiary/aromatic N) is 4. The third-order valence-electron chi connectivity index (χ3n) is 6.29. The van der Waals surface area contributed by atoms with Gasteiger partial charge in [0.2, 0.25) is 0 Å². The third-order valence-corrected chi connectivity index (χ3v) is 6.52. The van der Waals surface area contributed by atoms with Crippen molar-refractivity contribution in [3.63, 3.8) is 0 Å². The van der Waals surface area contributed by atoms with Crippen LogP contribution in [0, 0.1) is 6.92 Å². The predicted molar refractivity (Wildman–Crippen MR) is 138 cm³/mol. The Kier molecular flexibility index (Phi) is 6.90. The third kappa shape index (κ3) is 4.80. The van der Waals surface area contributed by atoms with Crippen LogP contribution in [0.1, 0.15) is 46.0 Å². The largest absolute Gasteiger partial charge is 0.462 e. The van der Waals surface area contributed by atoms with Crippen LogP contribution in [0.5, 0.6) is 0 Å². The summed E-state index contributed by atoms with van der Waals surface area (Å²) in [5.41, 5.74) is 1.53. The maximum Gasteiger partial charge on any atom is 0.341 e. The number of aromatic nitrogens is 3. The Hall–Kier alpha value is -3.82. The molecule has 1 unspecified atom stereocenters. The maximum absolute atomic E-state index is 13.6. The number of halogens is 1. The van der Waals surface area contributed by atoms with E-state index in [0.717, 1.165) is 18.4 Å². The fourth-order valence-corrected chi connectivity index (χ4v) is 4.70. The average molecular weight is 521 g/mol. The van der Waals surface area contributed by atoms with E-state index in [-0.39, 0.29) is 46.8 Å². The summed E-state index contributed by atoms with van der Waals surface area (Å²) in [6.45, 7) is 4.50. The van der Waals surface area contributed by atoms with E-state index in [9.17, 15) is 14.4 Å². The number of carbonyl (C=O) groups is 2. The Bertz CT molecular complexity index is 1670. The molecule has 0 bridgehead atoms. The zero-order chi connectivity index (χ0) is 26.1. The smallest absolute Gasteiger partial charge is 0.341 e. The lowest BCUT2D eigenvalue weighted by molar-refractivity contribution is 0.0521. The Balaban J connectivity index is 1.88. The van der Waals surface area contributed by atoms with E-state index >= 15 is 0 Å². The van der Waals surface area contributed by atoms with Crippen LogP contribution < -0.4 is 11.0 Å². The van der Waals surface area contributed by atoms with Crippen LogP contribution in [0.15, 0.2) is 58.4 Å². The molecule has 190 valence electrons. The van der Waals surface area contributed by atoms with Gasteiger partial charge in [-0.3, -0.25) is 14.0 Å². The number of rotatable bonds is 5. The van der Waals surface area contributed by atoms with E-state index in [2.05, 4.69) is 4.99 Å². The summed E-state index contributed by atoms with van der Waals surface area (Å²) in [6, 6.07) is 11.4. The molecule has 1 aromatic carbocycles. The second-order valence-corrected chi connectivity index (χ2v) is 9.25. The Morgan fingerprint density at radius 3 is 2.78 bits per heavy atom. The lowest BCUT2D eigenvalue weighted by Crippen LogP contribution is -2.35. The second-order valence-electron chi connectivity index (χ2n) is 8.81. The van der Waals surface area contributed by atoms with Crippen molar-refractivity contribution in [1.29, 1.82) is 0 Å². The van der Waals surface area contributed by atoms with Crippen molar-refractivity contribution in [2.45, 2.75) is 39.3 Å². The van der Waals surface area contributed by atoms with Crippen molar-refractivity contribution in [2.24, 2.45) is 4.99 Å². The van der Waals surface area contributed by atoms with Gasteiger partial charge in [0.15, 0.2) is 5.49 Å². The van der Waals surface area contributed by atoms with Gasteiger partial charge in [-0.05, 0) is 62.6 Å². The van der Waals surface area contributed by atoms with Gasteiger partial charge >= 0.3 is 5.97 Å². The summed E-state index contributed by atoms with van der Waals surface area (Å²) < 4.78 is 14.2. The van der Waals surface area contributed by atoms with E-state index in [1.165, 1.54) is 16.5 Å². The fourth-order valence-electron chi connectivity index (χ4n) is 4.51. The second kappa shape index (κ2) is 10.3.